The van der Waals surface area contributed by atoms with Crippen molar-refractivity contribution < 1.29 is 4.79 Å². The second-order valence-corrected chi connectivity index (χ2v) is 4.69. The number of rotatable bonds is 5. The van der Waals surface area contributed by atoms with E-state index in [1.54, 1.807) is 6.20 Å². The average molecular weight is 220 g/mol. The summed E-state index contributed by atoms with van der Waals surface area (Å²) >= 11 is 0. The second-order valence-electron chi connectivity index (χ2n) is 4.69. The molecule has 0 aliphatic carbocycles. The van der Waals surface area contributed by atoms with Gasteiger partial charge >= 0.3 is 0 Å². The van der Waals surface area contributed by atoms with Gasteiger partial charge in [0.25, 0.3) is 0 Å². The maximum Gasteiger partial charge on any atom is 0.192 e. The van der Waals surface area contributed by atoms with Crippen molar-refractivity contribution in [1.82, 2.24) is 9.88 Å². The van der Waals surface area contributed by atoms with Crippen LogP contribution in [0.25, 0.3) is 0 Å². The summed E-state index contributed by atoms with van der Waals surface area (Å²) in [6.45, 7) is 4.98. The van der Waals surface area contributed by atoms with Gasteiger partial charge in [-0.05, 0) is 37.4 Å². The standard InChI is InChI=1S/C13H20N2O/c1-2-4-11-6-8-15(9-11)10-13(16)12-5-3-7-14-12/h3,5,7,11,14H,2,4,6,8-10H2,1H3. The van der Waals surface area contributed by atoms with E-state index in [4.69, 9.17) is 0 Å². The molecule has 0 amide bonds. The highest BCUT2D eigenvalue weighted by Gasteiger charge is 2.23. The van der Waals surface area contributed by atoms with Crippen LogP contribution < -0.4 is 0 Å². The van der Waals surface area contributed by atoms with Crippen LogP contribution in [0.3, 0.4) is 0 Å². The van der Waals surface area contributed by atoms with Gasteiger partial charge in [0.05, 0.1) is 12.2 Å². The third-order valence-electron chi connectivity index (χ3n) is 3.33. The molecule has 1 atom stereocenters. The molecule has 3 heteroatoms. The number of nitrogens with one attached hydrogen (secondary N) is 1. The fourth-order valence-corrected chi connectivity index (χ4v) is 2.49. The summed E-state index contributed by atoms with van der Waals surface area (Å²) in [7, 11) is 0. The van der Waals surface area contributed by atoms with Crippen LogP contribution in [0.15, 0.2) is 18.3 Å². The molecule has 3 nitrogen and oxygen atoms in total. The number of aromatic nitrogens is 1. The van der Waals surface area contributed by atoms with Crippen molar-refractivity contribution in [3.63, 3.8) is 0 Å². The number of carbonyl (C=O) groups is 1. The van der Waals surface area contributed by atoms with Crippen LogP contribution >= 0.6 is 0 Å². The molecule has 0 aromatic carbocycles. The van der Waals surface area contributed by atoms with E-state index in [2.05, 4.69) is 16.8 Å². The van der Waals surface area contributed by atoms with Crippen LogP contribution in [0.2, 0.25) is 0 Å². The molecule has 1 aromatic heterocycles. The van der Waals surface area contributed by atoms with Crippen molar-refractivity contribution in [2.45, 2.75) is 26.2 Å². The van der Waals surface area contributed by atoms with Crippen LogP contribution in [0.4, 0.5) is 0 Å². The molecule has 0 spiro atoms. The number of likely N-dealkylation sites (tertiary alicyclic amines) is 1. The van der Waals surface area contributed by atoms with Gasteiger partial charge in [-0.2, -0.15) is 0 Å². The molecule has 0 saturated carbocycles. The van der Waals surface area contributed by atoms with Crippen molar-refractivity contribution in [3.8, 4) is 0 Å². The second kappa shape index (κ2) is 5.30. The summed E-state index contributed by atoms with van der Waals surface area (Å²) in [4.78, 5) is 17.1. The lowest BCUT2D eigenvalue weighted by molar-refractivity contribution is 0.0939. The van der Waals surface area contributed by atoms with Gasteiger partial charge in [-0.25, -0.2) is 0 Å². The molecule has 1 aliphatic rings. The molecule has 1 fully saturated rings. The molecule has 1 aliphatic heterocycles. The topological polar surface area (TPSA) is 36.1 Å². The third-order valence-corrected chi connectivity index (χ3v) is 3.33. The minimum atomic E-state index is 0.210. The first-order valence-electron chi connectivity index (χ1n) is 6.18. The van der Waals surface area contributed by atoms with E-state index in [0.29, 0.717) is 6.54 Å². The number of hydrogen-bond acceptors (Lipinski definition) is 2. The third kappa shape index (κ3) is 2.73. The number of ketones is 1. The Kier molecular flexibility index (Phi) is 3.78. The van der Waals surface area contributed by atoms with Crippen molar-refractivity contribution >= 4 is 5.78 Å². The Labute approximate surface area is 96.8 Å². The maximum absolute atomic E-state index is 11.9. The Balaban J connectivity index is 1.81. The van der Waals surface area contributed by atoms with Gasteiger partial charge in [0, 0.05) is 12.7 Å². The fraction of sp³-hybridized carbons (Fsp3) is 0.615. The van der Waals surface area contributed by atoms with E-state index in [1.807, 2.05) is 12.1 Å². The monoisotopic (exact) mass is 220 g/mol. The van der Waals surface area contributed by atoms with Gasteiger partial charge in [-0.1, -0.05) is 13.3 Å². The fourth-order valence-electron chi connectivity index (χ4n) is 2.49. The molecule has 1 N–H and O–H groups in total. The van der Waals surface area contributed by atoms with Gasteiger partial charge in [0.15, 0.2) is 5.78 Å². The Bertz CT molecular complexity index is 332. The van der Waals surface area contributed by atoms with Crippen molar-refractivity contribution in [1.29, 1.82) is 0 Å². The first-order valence-corrected chi connectivity index (χ1v) is 6.18. The van der Waals surface area contributed by atoms with Crippen LogP contribution in [0.5, 0.6) is 0 Å². The van der Waals surface area contributed by atoms with Crippen molar-refractivity contribution in [2.24, 2.45) is 5.92 Å². The van der Waals surface area contributed by atoms with Gasteiger partial charge in [-0.3, -0.25) is 9.69 Å². The van der Waals surface area contributed by atoms with Crippen LogP contribution in [-0.2, 0) is 0 Å². The average Bonchev–Trinajstić information content (AvgIpc) is 2.89. The zero-order valence-corrected chi connectivity index (χ0v) is 9.91. The van der Waals surface area contributed by atoms with Gasteiger partial charge in [0.1, 0.15) is 0 Å². The summed E-state index contributed by atoms with van der Waals surface area (Å²) in [5.74, 6) is 1.02. The van der Waals surface area contributed by atoms with Gasteiger partial charge in [0.2, 0.25) is 0 Å². The summed E-state index contributed by atoms with van der Waals surface area (Å²) in [5, 5.41) is 0. The molecule has 2 heterocycles. The Morgan fingerprint density at radius 3 is 3.19 bits per heavy atom. The lowest BCUT2D eigenvalue weighted by atomic mass is 10.0. The first kappa shape index (κ1) is 11.4. The molecule has 88 valence electrons. The van der Waals surface area contributed by atoms with E-state index in [-0.39, 0.29) is 5.78 Å². The lowest BCUT2D eigenvalue weighted by Crippen LogP contribution is -2.28. The van der Waals surface area contributed by atoms with E-state index in [1.165, 1.54) is 19.3 Å². The molecule has 1 saturated heterocycles. The molecule has 1 aromatic rings. The number of nitrogens with zero attached hydrogens (tertiary/aromatic N) is 1. The van der Waals surface area contributed by atoms with Crippen LogP contribution in [-0.4, -0.2) is 35.3 Å². The zero-order valence-electron chi connectivity index (χ0n) is 9.91. The van der Waals surface area contributed by atoms with Crippen molar-refractivity contribution in [3.05, 3.63) is 24.0 Å². The van der Waals surface area contributed by atoms with E-state index in [0.717, 1.165) is 24.7 Å². The number of hydrogen-bond donors (Lipinski definition) is 1. The SMILES string of the molecule is CCCC1CCN(CC(=O)c2ccc[nH]2)C1. The largest absolute Gasteiger partial charge is 0.359 e. The molecule has 0 radical (unpaired) electrons. The number of Topliss-reactive ketones (excluding diaryl/α,β-unsaturated/α-hetero) is 1. The number of carbonyl (C=O) groups excluding carboxylic acids is 1. The van der Waals surface area contributed by atoms with E-state index in [9.17, 15) is 4.79 Å². The van der Waals surface area contributed by atoms with Crippen LogP contribution in [0, 0.1) is 5.92 Å². The minimum absolute atomic E-state index is 0.210. The molecular formula is C13H20N2O. The highest BCUT2D eigenvalue weighted by atomic mass is 16.1. The Morgan fingerprint density at radius 2 is 2.50 bits per heavy atom. The molecule has 0 bridgehead atoms. The highest BCUT2D eigenvalue weighted by Crippen LogP contribution is 2.20. The molecule has 1 unspecified atom stereocenters. The number of H-pyrrole nitrogens is 1. The summed E-state index contributed by atoms with van der Waals surface area (Å²) in [6.07, 6.45) is 5.61. The zero-order chi connectivity index (χ0) is 11.4. The normalized spacial score (nSPS) is 21.4. The maximum atomic E-state index is 11.9. The van der Waals surface area contributed by atoms with Crippen LogP contribution in [0.1, 0.15) is 36.7 Å². The molecule has 16 heavy (non-hydrogen) atoms. The Hall–Kier alpha value is -1.09. The molecule has 2 rings (SSSR count). The number of aromatic amines is 1. The smallest absolute Gasteiger partial charge is 0.192 e. The van der Waals surface area contributed by atoms with Crippen molar-refractivity contribution in [2.75, 3.05) is 19.6 Å². The highest BCUT2D eigenvalue weighted by molar-refractivity contribution is 5.95. The summed E-state index contributed by atoms with van der Waals surface area (Å²) in [5.41, 5.74) is 0.735. The lowest BCUT2D eigenvalue weighted by Gasteiger charge is -2.14. The minimum Gasteiger partial charge on any atom is -0.359 e. The predicted octanol–water partition coefficient (Wildman–Crippen LogP) is 2.32. The summed E-state index contributed by atoms with van der Waals surface area (Å²) in [6, 6.07) is 3.72. The van der Waals surface area contributed by atoms with E-state index < -0.39 is 0 Å². The quantitative estimate of drug-likeness (QED) is 0.773. The van der Waals surface area contributed by atoms with Gasteiger partial charge < -0.3 is 4.98 Å². The van der Waals surface area contributed by atoms with E-state index >= 15 is 0 Å². The summed E-state index contributed by atoms with van der Waals surface area (Å²) < 4.78 is 0. The Morgan fingerprint density at radius 1 is 1.62 bits per heavy atom. The predicted molar refractivity (Wildman–Crippen MR) is 64.6 cm³/mol. The van der Waals surface area contributed by atoms with Gasteiger partial charge in [-0.15, -0.1) is 0 Å². The first-order chi connectivity index (χ1) is 7.79. The molecular weight excluding hydrogens is 200 g/mol.